The zero-order valence-electron chi connectivity index (χ0n) is 12.0. The van der Waals surface area contributed by atoms with Crippen LogP contribution in [0.5, 0.6) is 0 Å². The number of halogens is 1. The summed E-state index contributed by atoms with van der Waals surface area (Å²) in [5.41, 5.74) is -0.111. The Balaban J connectivity index is 1.98. The summed E-state index contributed by atoms with van der Waals surface area (Å²) < 4.78 is 23.8. The van der Waals surface area contributed by atoms with Crippen molar-refractivity contribution < 1.29 is 19.0 Å². The molecule has 0 saturated carbocycles. The van der Waals surface area contributed by atoms with E-state index in [2.05, 4.69) is 4.90 Å². The van der Waals surface area contributed by atoms with Gasteiger partial charge >= 0.3 is 0 Å². The molecule has 2 heterocycles. The summed E-state index contributed by atoms with van der Waals surface area (Å²) in [6, 6.07) is 0. The maximum atomic E-state index is 12.7. The quantitative estimate of drug-likeness (QED) is 0.824. The average Bonchev–Trinajstić information content (AvgIpc) is 2.78. The molecule has 110 valence electrons. The fraction of sp³-hybridized carbons (Fsp3) is 0.857. The predicted octanol–water partition coefficient (Wildman–Crippen LogP) is 1.49. The number of aliphatic hydroxyl groups is 1. The summed E-state index contributed by atoms with van der Waals surface area (Å²) in [5.74, 6) is 0. The molecular formula is C14H24FNO3. The van der Waals surface area contributed by atoms with Crippen LogP contribution in [-0.2, 0) is 9.47 Å². The third kappa shape index (κ3) is 3.34. The Labute approximate surface area is 114 Å². The van der Waals surface area contributed by atoms with Crippen molar-refractivity contribution in [2.45, 2.75) is 43.9 Å². The number of methoxy groups -OCH3 is 1. The van der Waals surface area contributed by atoms with Gasteiger partial charge in [-0.2, -0.15) is 0 Å². The third-order valence-corrected chi connectivity index (χ3v) is 3.89. The Bertz CT molecular complexity index is 353. The number of rotatable bonds is 5. The van der Waals surface area contributed by atoms with Crippen molar-refractivity contribution >= 4 is 0 Å². The fourth-order valence-corrected chi connectivity index (χ4v) is 3.17. The largest absolute Gasteiger partial charge is 0.388 e. The minimum atomic E-state index is -0.814. The minimum absolute atomic E-state index is 0.0859. The fourth-order valence-electron chi connectivity index (χ4n) is 3.17. The van der Waals surface area contributed by atoms with E-state index in [1.165, 1.54) is 0 Å². The van der Waals surface area contributed by atoms with E-state index in [-0.39, 0.29) is 11.6 Å². The van der Waals surface area contributed by atoms with Gasteiger partial charge in [-0.3, -0.25) is 4.90 Å². The van der Waals surface area contributed by atoms with Crippen LogP contribution >= 0.6 is 0 Å². The van der Waals surface area contributed by atoms with Gasteiger partial charge in [-0.1, -0.05) is 0 Å². The third-order valence-electron chi connectivity index (χ3n) is 3.89. The molecule has 1 N–H and O–H groups in total. The summed E-state index contributed by atoms with van der Waals surface area (Å²) >= 11 is 0. The van der Waals surface area contributed by atoms with Gasteiger partial charge in [0.05, 0.1) is 36.8 Å². The van der Waals surface area contributed by atoms with Crippen molar-refractivity contribution in [2.75, 3.05) is 33.4 Å². The Morgan fingerprint density at radius 3 is 2.89 bits per heavy atom. The highest BCUT2D eigenvalue weighted by molar-refractivity contribution is 5.20. The summed E-state index contributed by atoms with van der Waals surface area (Å²) in [4.78, 5) is 2.25. The lowest BCUT2D eigenvalue weighted by atomic mass is 9.93. The second-order valence-electron chi connectivity index (χ2n) is 6.43. The number of nitrogens with zero attached hydrogens (tertiary/aromatic N) is 1. The van der Waals surface area contributed by atoms with Crippen LogP contribution in [0.3, 0.4) is 0 Å². The highest BCUT2D eigenvalue weighted by Gasteiger charge is 2.50. The van der Waals surface area contributed by atoms with Gasteiger partial charge in [-0.05, 0) is 32.3 Å². The number of hydrogen-bond acceptors (Lipinski definition) is 4. The molecule has 2 aliphatic heterocycles. The summed E-state index contributed by atoms with van der Waals surface area (Å²) in [6.07, 6.45) is 2.35. The van der Waals surface area contributed by atoms with Crippen molar-refractivity contribution in [1.82, 2.24) is 4.90 Å². The van der Waals surface area contributed by atoms with Gasteiger partial charge in [0.25, 0.3) is 0 Å². The SMILES string of the molecule is COC[C@]12C/C(=C/F)CN1C[C@@H](OCC(C)(C)O)C2. The van der Waals surface area contributed by atoms with Crippen molar-refractivity contribution in [2.24, 2.45) is 0 Å². The van der Waals surface area contributed by atoms with Gasteiger partial charge in [0, 0.05) is 20.2 Å². The Morgan fingerprint density at radius 1 is 1.58 bits per heavy atom. The molecule has 0 aliphatic carbocycles. The van der Waals surface area contributed by atoms with E-state index in [1.807, 2.05) is 0 Å². The molecule has 0 aromatic heterocycles. The van der Waals surface area contributed by atoms with Gasteiger partial charge in [0.1, 0.15) is 0 Å². The smallest absolute Gasteiger partial charge is 0.0872 e. The average molecular weight is 273 g/mol. The molecule has 0 aromatic carbocycles. The molecule has 19 heavy (non-hydrogen) atoms. The highest BCUT2D eigenvalue weighted by Crippen LogP contribution is 2.42. The highest BCUT2D eigenvalue weighted by atomic mass is 19.1. The Morgan fingerprint density at radius 2 is 2.32 bits per heavy atom. The summed E-state index contributed by atoms with van der Waals surface area (Å²) in [6.45, 7) is 5.81. The number of ether oxygens (including phenoxy) is 2. The molecule has 2 fully saturated rings. The molecular weight excluding hydrogens is 249 g/mol. The van der Waals surface area contributed by atoms with Crippen molar-refractivity contribution in [1.29, 1.82) is 0 Å². The van der Waals surface area contributed by atoms with E-state index in [9.17, 15) is 9.50 Å². The summed E-state index contributed by atoms with van der Waals surface area (Å²) in [7, 11) is 1.68. The summed E-state index contributed by atoms with van der Waals surface area (Å²) in [5, 5.41) is 9.71. The first kappa shape index (κ1) is 14.9. The molecule has 0 radical (unpaired) electrons. The molecule has 2 atom stereocenters. The van der Waals surface area contributed by atoms with E-state index in [0.717, 1.165) is 24.9 Å². The molecule has 0 bridgehead atoms. The second kappa shape index (κ2) is 5.48. The zero-order chi connectivity index (χ0) is 14.1. The second-order valence-corrected chi connectivity index (χ2v) is 6.43. The zero-order valence-corrected chi connectivity index (χ0v) is 12.0. The molecule has 4 nitrogen and oxygen atoms in total. The van der Waals surface area contributed by atoms with Crippen molar-refractivity contribution in [3.8, 4) is 0 Å². The van der Waals surface area contributed by atoms with Gasteiger partial charge in [0.15, 0.2) is 0 Å². The Hall–Kier alpha value is -0.490. The molecule has 0 spiro atoms. The number of fused-ring (bicyclic) bond motifs is 1. The van der Waals surface area contributed by atoms with Crippen molar-refractivity contribution in [3.63, 3.8) is 0 Å². The van der Waals surface area contributed by atoms with Crippen LogP contribution in [-0.4, -0.2) is 60.7 Å². The van der Waals surface area contributed by atoms with Crippen LogP contribution in [0, 0.1) is 0 Å². The van der Waals surface area contributed by atoms with Crippen molar-refractivity contribution in [3.05, 3.63) is 11.9 Å². The normalized spacial score (nSPS) is 34.2. The predicted molar refractivity (Wildman–Crippen MR) is 70.6 cm³/mol. The first-order valence-corrected chi connectivity index (χ1v) is 6.75. The molecule has 0 amide bonds. The van der Waals surface area contributed by atoms with E-state index in [4.69, 9.17) is 9.47 Å². The van der Waals surface area contributed by atoms with Crippen LogP contribution in [0.2, 0.25) is 0 Å². The van der Waals surface area contributed by atoms with E-state index >= 15 is 0 Å². The molecule has 0 unspecified atom stereocenters. The monoisotopic (exact) mass is 273 g/mol. The lowest BCUT2D eigenvalue weighted by molar-refractivity contribution is -0.0503. The van der Waals surface area contributed by atoms with E-state index in [1.54, 1.807) is 21.0 Å². The Kier molecular flexibility index (Phi) is 4.30. The van der Waals surface area contributed by atoms with Crippen LogP contribution in [0.15, 0.2) is 11.9 Å². The van der Waals surface area contributed by atoms with Crippen LogP contribution in [0.25, 0.3) is 0 Å². The lowest BCUT2D eigenvalue weighted by Crippen LogP contribution is -2.42. The maximum absolute atomic E-state index is 12.7. The minimum Gasteiger partial charge on any atom is -0.388 e. The first-order chi connectivity index (χ1) is 8.88. The van der Waals surface area contributed by atoms with Gasteiger partial charge in [-0.25, -0.2) is 4.39 Å². The standard InChI is InChI=1S/C14H24FNO3/c1-13(2,17)9-19-12-5-14(10-18-3)4-11(6-15)7-16(14)8-12/h6,12,17H,4-5,7-10H2,1-3H3/b11-6-/t12-,14+/m0/s1. The first-order valence-electron chi connectivity index (χ1n) is 6.75. The van der Waals surface area contributed by atoms with Crippen LogP contribution < -0.4 is 0 Å². The topological polar surface area (TPSA) is 41.9 Å². The maximum Gasteiger partial charge on any atom is 0.0872 e. The molecule has 5 heteroatoms. The van der Waals surface area contributed by atoms with E-state index in [0.29, 0.717) is 26.2 Å². The molecule has 2 rings (SSSR count). The molecule has 0 aromatic rings. The molecule has 2 saturated heterocycles. The van der Waals surface area contributed by atoms with Gasteiger partial charge in [0.2, 0.25) is 0 Å². The van der Waals surface area contributed by atoms with E-state index < -0.39 is 5.60 Å². The number of hydrogen-bond donors (Lipinski definition) is 1. The van der Waals surface area contributed by atoms with Crippen LogP contribution in [0.1, 0.15) is 26.7 Å². The van der Waals surface area contributed by atoms with Crippen LogP contribution in [0.4, 0.5) is 4.39 Å². The van der Waals surface area contributed by atoms with Gasteiger partial charge in [-0.15, -0.1) is 0 Å². The van der Waals surface area contributed by atoms with Gasteiger partial charge < -0.3 is 14.6 Å². The molecule has 2 aliphatic rings. The lowest BCUT2D eigenvalue weighted by Gasteiger charge is -2.30.